The molecule has 0 aromatic carbocycles. The van der Waals surface area contributed by atoms with E-state index in [4.69, 9.17) is 4.74 Å². The lowest BCUT2D eigenvalue weighted by atomic mass is 9.93. The Hall–Kier alpha value is -1.30. The highest BCUT2D eigenvalue weighted by molar-refractivity contribution is 5.77. The van der Waals surface area contributed by atoms with E-state index in [2.05, 4.69) is 5.32 Å². The van der Waals surface area contributed by atoms with Crippen molar-refractivity contribution >= 4 is 12.1 Å². The van der Waals surface area contributed by atoms with Crippen LogP contribution in [0.4, 0.5) is 4.79 Å². The van der Waals surface area contributed by atoms with Gasteiger partial charge in [-0.25, -0.2) is 4.79 Å². The number of carbonyl (C=O) groups is 2. The van der Waals surface area contributed by atoms with Crippen LogP contribution in [-0.2, 0) is 9.53 Å². The second kappa shape index (κ2) is 5.00. The minimum atomic E-state index is -0.902. The molecule has 0 radical (unpaired) electrons. The predicted molar refractivity (Wildman–Crippen MR) is 68.9 cm³/mol. The molecular weight excluding hydrogens is 248 g/mol. The number of carboxylic acids is 1. The monoisotopic (exact) mass is 270 g/mol. The highest BCUT2D eigenvalue weighted by Crippen LogP contribution is 2.29. The Balaban J connectivity index is 2.16. The third kappa shape index (κ3) is 3.18. The number of nitrogens with zero attached hydrogens (tertiary/aromatic N) is 1. The number of hydrogen-bond donors (Lipinski definition) is 2. The van der Waals surface area contributed by atoms with Gasteiger partial charge >= 0.3 is 12.1 Å². The number of ether oxygens (including phenoxy) is 1. The van der Waals surface area contributed by atoms with Crippen molar-refractivity contribution in [3.63, 3.8) is 0 Å². The molecule has 3 aliphatic heterocycles. The van der Waals surface area contributed by atoms with E-state index in [-0.39, 0.29) is 6.04 Å². The molecule has 2 N–H and O–H groups in total. The summed E-state index contributed by atoms with van der Waals surface area (Å²) in [5.74, 6) is -0.589. The first kappa shape index (κ1) is 14.1. The van der Waals surface area contributed by atoms with Crippen molar-refractivity contribution in [2.75, 3.05) is 13.1 Å². The van der Waals surface area contributed by atoms with Crippen molar-refractivity contribution in [3.8, 4) is 0 Å². The highest BCUT2D eigenvalue weighted by Gasteiger charge is 2.43. The minimum absolute atomic E-state index is 0.313. The van der Waals surface area contributed by atoms with Crippen LogP contribution in [0.25, 0.3) is 0 Å². The van der Waals surface area contributed by atoms with Crippen molar-refractivity contribution in [1.29, 1.82) is 0 Å². The van der Waals surface area contributed by atoms with Crippen molar-refractivity contribution in [2.24, 2.45) is 5.92 Å². The topological polar surface area (TPSA) is 78.9 Å². The van der Waals surface area contributed by atoms with Gasteiger partial charge in [0.25, 0.3) is 0 Å². The molecule has 3 aliphatic rings. The summed E-state index contributed by atoms with van der Waals surface area (Å²) in [7, 11) is 0. The van der Waals surface area contributed by atoms with Crippen LogP contribution in [0.5, 0.6) is 0 Å². The number of rotatable bonds is 1. The Labute approximate surface area is 113 Å². The van der Waals surface area contributed by atoms with Crippen LogP contribution in [0.15, 0.2) is 0 Å². The molecule has 3 atom stereocenters. The fourth-order valence-electron chi connectivity index (χ4n) is 2.79. The van der Waals surface area contributed by atoms with Crippen molar-refractivity contribution < 1.29 is 19.4 Å². The molecule has 0 aliphatic carbocycles. The first-order valence-electron chi connectivity index (χ1n) is 6.74. The molecule has 3 unspecified atom stereocenters. The highest BCUT2D eigenvalue weighted by atomic mass is 16.6. The van der Waals surface area contributed by atoms with Crippen molar-refractivity contribution in [1.82, 2.24) is 10.2 Å². The number of hydrogen-bond acceptors (Lipinski definition) is 4. The average Bonchev–Trinajstić information content (AvgIpc) is 2.57. The van der Waals surface area contributed by atoms with Gasteiger partial charge < -0.3 is 20.1 Å². The number of amides is 1. The number of carbonyl (C=O) groups excluding carboxylic acids is 1. The summed E-state index contributed by atoms with van der Waals surface area (Å²) in [5.41, 5.74) is -0.561. The number of fused-ring (bicyclic) bond motifs is 4. The van der Waals surface area contributed by atoms with Crippen LogP contribution in [0.1, 0.15) is 33.6 Å². The first-order chi connectivity index (χ1) is 8.78. The quantitative estimate of drug-likeness (QED) is 0.745. The second-order valence-corrected chi connectivity index (χ2v) is 6.37. The lowest BCUT2D eigenvalue weighted by Crippen LogP contribution is -2.55. The third-order valence-electron chi connectivity index (χ3n) is 3.63. The van der Waals surface area contributed by atoms with Gasteiger partial charge in [-0.3, -0.25) is 4.79 Å². The molecule has 0 spiro atoms. The van der Waals surface area contributed by atoms with E-state index in [1.165, 1.54) is 0 Å². The van der Waals surface area contributed by atoms with E-state index in [0.29, 0.717) is 25.4 Å². The van der Waals surface area contributed by atoms with E-state index in [1.807, 2.05) is 20.8 Å². The third-order valence-corrected chi connectivity index (χ3v) is 3.63. The molecule has 0 saturated carbocycles. The van der Waals surface area contributed by atoms with E-state index in [0.717, 1.165) is 6.42 Å². The van der Waals surface area contributed by atoms with Crippen LogP contribution in [0, 0.1) is 5.92 Å². The van der Waals surface area contributed by atoms with Gasteiger partial charge in [-0.15, -0.1) is 0 Å². The SMILES string of the molecule is CC(C)(C)OC(=O)N1CC2CCC1C(C(=O)O)NC2. The van der Waals surface area contributed by atoms with Gasteiger partial charge in [0.15, 0.2) is 0 Å². The molecule has 3 rings (SSSR count). The maximum Gasteiger partial charge on any atom is 0.410 e. The molecule has 3 saturated heterocycles. The Morgan fingerprint density at radius 2 is 2.00 bits per heavy atom. The molecule has 108 valence electrons. The molecular formula is C13H22N2O4. The van der Waals surface area contributed by atoms with Gasteiger partial charge in [0.05, 0.1) is 6.04 Å². The summed E-state index contributed by atoms with van der Waals surface area (Å²) in [6.07, 6.45) is 1.27. The lowest BCUT2D eigenvalue weighted by Gasteiger charge is -2.38. The van der Waals surface area contributed by atoms with Crippen molar-refractivity contribution in [3.05, 3.63) is 0 Å². The summed E-state index contributed by atoms with van der Waals surface area (Å²) < 4.78 is 5.38. The molecule has 19 heavy (non-hydrogen) atoms. The molecule has 6 nitrogen and oxygen atoms in total. The normalized spacial score (nSPS) is 30.9. The van der Waals surface area contributed by atoms with Gasteiger partial charge in [0.1, 0.15) is 11.6 Å². The summed E-state index contributed by atoms with van der Waals surface area (Å²) in [6, 6.07) is -1.01. The molecule has 0 aromatic rings. The smallest absolute Gasteiger partial charge is 0.410 e. The maximum atomic E-state index is 12.2. The Morgan fingerprint density at radius 3 is 2.58 bits per heavy atom. The van der Waals surface area contributed by atoms with E-state index in [1.54, 1.807) is 4.90 Å². The Morgan fingerprint density at radius 1 is 1.32 bits per heavy atom. The molecule has 0 aromatic heterocycles. The summed E-state index contributed by atoms with van der Waals surface area (Å²) in [5, 5.41) is 12.3. The van der Waals surface area contributed by atoms with Crippen LogP contribution >= 0.6 is 0 Å². The van der Waals surface area contributed by atoms with Gasteiger partial charge in [-0.1, -0.05) is 0 Å². The summed E-state index contributed by atoms with van der Waals surface area (Å²) in [4.78, 5) is 25.1. The average molecular weight is 270 g/mol. The molecule has 3 fully saturated rings. The minimum Gasteiger partial charge on any atom is -0.480 e. The van der Waals surface area contributed by atoms with Gasteiger partial charge in [0.2, 0.25) is 0 Å². The number of carboxylic acid groups (broad SMARTS) is 1. The largest absolute Gasteiger partial charge is 0.480 e. The maximum absolute atomic E-state index is 12.2. The van der Waals surface area contributed by atoms with Crippen molar-refractivity contribution in [2.45, 2.75) is 51.3 Å². The van der Waals surface area contributed by atoms with E-state index < -0.39 is 23.7 Å². The number of nitrogens with one attached hydrogen (secondary N) is 1. The molecule has 6 heteroatoms. The zero-order valence-corrected chi connectivity index (χ0v) is 11.7. The van der Waals surface area contributed by atoms with Gasteiger partial charge in [-0.2, -0.15) is 0 Å². The first-order valence-corrected chi connectivity index (χ1v) is 6.74. The van der Waals surface area contributed by atoms with Crippen LogP contribution in [0.3, 0.4) is 0 Å². The number of aliphatic carboxylic acids is 1. The molecule has 3 heterocycles. The lowest BCUT2D eigenvalue weighted by molar-refractivity contribution is -0.141. The van der Waals surface area contributed by atoms with Crippen LogP contribution in [-0.4, -0.2) is 52.8 Å². The van der Waals surface area contributed by atoms with Gasteiger partial charge in [-0.05, 0) is 39.5 Å². The standard InChI is InChI=1S/C13H22N2O4/c1-13(2,3)19-12(18)15-7-8-4-5-9(15)10(11(16)17)14-6-8/h8-10,14H,4-7H2,1-3H3,(H,16,17). The zero-order valence-electron chi connectivity index (χ0n) is 11.7. The molecule has 2 bridgehead atoms. The summed E-state index contributed by atoms with van der Waals surface area (Å²) >= 11 is 0. The fraction of sp³-hybridized carbons (Fsp3) is 0.846. The summed E-state index contributed by atoms with van der Waals surface area (Å²) in [6.45, 7) is 6.67. The molecule has 1 amide bonds. The zero-order chi connectivity index (χ0) is 14.2. The fourth-order valence-corrected chi connectivity index (χ4v) is 2.79. The Bertz CT molecular complexity index is 377. The van der Waals surface area contributed by atoms with E-state index in [9.17, 15) is 14.7 Å². The van der Waals surface area contributed by atoms with Crippen LogP contribution in [0.2, 0.25) is 0 Å². The van der Waals surface area contributed by atoms with E-state index >= 15 is 0 Å². The number of piperidine rings is 1. The van der Waals surface area contributed by atoms with Crippen LogP contribution < -0.4 is 5.32 Å². The second-order valence-electron chi connectivity index (χ2n) is 6.37. The Kier molecular flexibility index (Phi) is 3.71. The predicted octanol–water partition coefficient (Wildman–Crippen LogP) is 1.06. The van der Waals surface area contributed by atoms with Gasteiger partial charge in [0, 0.05) is 13.1 Å².